The maximum absolute atomic E-state index is 13.2. The monoisotopic (exact) mass is 267 g/mol. The van der Waals surface area contributed by atoms with E-state index in [4.69, 9.17) is 5.73 Å². The van der Waals surface area contributed by atoms with Crippen molar-refractivity contribution in [3.05, 3.63) is 35.4 Å². The predicted molar refractivity (Wildman–Crippen MR) is 73.8 cm³/mol. The molecule has 3 atom stereocenters. The second kappa shape index (κ2) is 6.47. The fourth-order valence-electron chi connectivity index (χ4n) is 3.40. The molecule has 1 aromatic carbocycles. The number of nitrogens with two attached hydrogens (primary N) is 1. The standard InChI is InChI=1S/C16H23F2N/c1-2-12-5-3-4-6-13(12)16(19)10-11-7-8-14(17)15(18)9-11/h7-9,12-13,16H,2-6,10,19H2,1H3. The maximum Gasteiger partial charge on any atom is 0.159 e. The average molecular weight is 267 g/mol. The number of benzene rings is 1. The summed E-state index contributed by atoms with van der Waals surface area (Å²) in [7, 11) is 0. The van der Waals surface area contributed by atoms with Crippen molar-refractivity contribution in [3.63, 3.8) is 0 Å². The Bertz CT molecular complexity index is 419. The van der Waals surface area contributed by atoms with Crippen molar-refractivity contribution < 1.29 is 8.78 Å². The summed E-state index contributed by atoms with van der Waals surface area (Å²) in [6.07, 6.45) is 6.77. The van der Waals surface area contributed by atoms with E-state index in [0.717, 1.165) is 12.0 Å². The summed E-state index contributed by atoms with van der Waals surface area (Å²) < 4.78 is 26.1. The summed E-state index contributed by atoms with van der Waals surface area (Å²) in [5, 5.41) is 0. The number of hydrogen-bond acceptors (Lipinski definition) is 1. The number of halogens is 2. The van der Waals surface area contributed by atoms with E-state index in [0.29, 0.717) is 18.3 Å². The third-order valence-electron chi connectivity index (χ3n) is 4.50. The summed E-state index contributed by atoms with van der Waals surface area (Å²) in [5.74, 6) is -0.359. The highest BCUT2D eigenvalue weighted by Crippen LogP contribution is 2.34. The van der Waals surface area contributed by atoms with Gasteiger partial charge in [0, 0.05) is 6.04 Å². The minimum atomic E-state index is -0.790. The van der Waals surface area contributed by atoms with Gasteiger partial charge in [-0.05, 0) is 42.4 Å². The summed E-state index contributed by atoms with van der Waals surface area (Å²) >= 11 is 0. The van der Waals surface area contributed by atoms with Crippen LogP contribution in [0.4, 0.5) is 8.78 Å². The molecule has 19 heavy (non-hydrogen) atoms. The summed E-state index contributed by atoms with van der Waals surface area (Å²) in [4.78, 5) is 0. The van der Waals surface area contributed by atoms with E-state index >= 15 is 0 Å². The molecule has 0 bridgehead atoms. The smallest absolute Gasteiger partial charge is 0.159 e. The molecule has 1 fully saturated rings. The molecule has 1 aliphatic carbocycles. The molecule has 1 aliphatic rings. The molecule has 106 valence electrons. The fourth-order valence-corrected chi connectivity index (χ4v) is 3.40. The Labute approximate surface area is 114 Å². The molecule has 2 N–H and O–H groups in total. The molecular weight excluding hydrogens is 244 g/mol. The lowest BCUT2D eigenvalue weighted by molar-refractivity contribution is 0.195. The summed E-state index contributed by atoms with van der Waals surface area (Å²) in [5.41, 5.74) is 7.12. The third-order valence-corrected chi connectivity index (χ3v) is 4.50. The Morgan fingerprint density at radius 1 is 1.21 bits per heavy atom. The minimum Gasteiger partial charge on any atom is -0.327 e. The molecule has 0 saturated heterocycles. The van der Waals surface area contributed by atoms with Gasteiger partial charge in [-0.2, -0.15) is 0 Å². The molecule has 0 spiro atoms. The van der Waals surface area contributed by atoms with Crippen LogP contribution in [-0.4, -0.2) is 6.04 Å². The van der Waals surface area contributed by atoms with Gasteiger partial charge in [0.2, 0.25) is 0 Å². The Kier molecular flexibility index (Phi) is 4.92. The highest BCUT2D eigenvalue weighted by atomic mass is 19.2. The van der Waals surface area contributed by atoms with E-state index in [1.54, 1.807) is 6.07 Å². The van der Waals surface area contributed by atoms with Crippen LogP contribution in [0.2, 0.25) is 0 Å². The van der Waals surface area contributed by atoms with Crippen molar-refractivity contribution in [2.45, 2.75) is 51.5 Å². The van der Waals surface area contributed by atoms with Crippen molar-refractivity contribution in [1.29, 1.82) is 0 Å². The molecule has 1 nitrogen and oxygen atoms in total. The molecule has 1 aromatic rings. The lowest BCUT2D eigenvalue weighted by Gasteiger charge is -2.35. The first-order chi connectivity index (χ1) is 9.11. The van der Waals surface area contributed by atoms with Crippen LogP contribution in [0.5, 0.6) is 0 Å². The topological polar surface area (TPSA) is 26.0 Å². The molecular formula is C16H23F2N. The third kappa shape index (κ3) is 3.53. The van der Waals surface area contributed by atoms with Gasteiger partial charge in [-0.25, -0.2) is 8.78 Å². The van der Waals surface area contributed by atoms with Gasteiger partial charge in [-0.3, -0.25) is 0 Å². The zero-order chi connectivity index (χ0) is 13.8. The quantitative estimate of drug-likeness (QED) is 0.875. The number of rotatable bonds is 4. The lowest BCUT2D eigenvalue weighted by atomic mass is 9.73. The highest BCUT2D eigenvalue weighted by Gasteiger charge is 2.28. The van der Waals surface area contributed by atoms with Gasteiger partial charge in [-0.1, -0.05) is 38.7 Å². The van der Waals surface area contributed by atoms with Crippen LogP contribution >= 0.6 is 0 Å². The molecule has 1 saturated carbocycles. The lowest BCUT2D eigenvalue weighted by Crippen LogP contribution is -2.38. The van der Waals surface area contributed by atoms with Gasteiger partial charge in [0.15, 0.2) is 11.6 Å². The van der Waals surface area contributed by atoms with Gasteiger partial charge in [-0.15, -0.1) is 0 Å². The van der Waals surface area contributed by atoms with Gasteiger partial charge >= 0.3 is 0 Å². The molecule has 0 aromatic heterocycles. The Hall–Kier alpha value is -0.960. The highest BCUT2D eigenvalue weighted by molar-refractivity contribution is 5.19. The second-order valence-electron chi connectivity index (χ2n) is 5.73. The van der Waals surface area contributed by atoms with Crippen LogP contribution < -0.4 is 5.73 Å². The van der Waals surface area contributed by atoms with Gasteiger partial charge < -0.3 is 5.73 Å². The van der Waals surface area contributed by atoms with E-state index < -0.39 is 11.6 Å². The predicted octanol–water partition coefficient (Wildman–Crippen LogP) is 4.05. The zero-order valence-corrected chi connectivity index (χ0v) is 11.5. The molecule has 0 radical (unpaired) electrons. The molecule has 0 amide bonds. The van der Waals surface area contributed by atoms with E-state index in [9.17, 15) is 8.78 Å². The zero-order valence-electron chi connectivity index (χ0n) is 11.5. The van der Waals surface area contributed by atoms with E-state index in [2.05, 4.69) is 6.92 Å². The first kappa shape index (κ1) is 14.4. The van der Waals surface area contributed by atoms with Crippen LogP contribution in [0.1, 0.15) is 44.6 Å². The maximum atomic E-state index is 13.2. The minimum absolute atomic E-state index is 0.0510. The van der Waals surface area contributed by atoms with Crippen molar-refractivity contribution in [2.75, 3.05) is 0 Å². The van der Waals surface area contributed by atoms with Crippen molar-refractivity contribution in [2.24, 2.45) is 17.6 Å². The number of hydrogen-bond donors (Lipinski definition) is 1. The SMILES string of the molecule is CCC1CCCCC1C(N)Cc1ccc(F)c(F)c1. The van der Waals surface area contributed by atoms with Crippen molar-refractivity contribution in [1.82, 2.24) is 0 Å². The second-order valence-corrected chi connectivity index (χ2v) is 5.73. The first-order valence-corrected chi connectivity index (χ1v) is 7.31. The van der Waals surface area contributed by atoms with Crippen LogP contribution in [0.15, 0.2) is 18.2 Å². The molecule has 2 rings (SSSR count). The summed E-state index contributed by atoms with van der Waals surface area (Å²) in [6, 6.07) is 4.16. The van der Waals surface area contributed by atoms with Crippen LogP contribution in [0.25, 0.3) is 0 Å². The van der Waals surface area contributed by atoms with E-state index in [-0.39, 0.29) is 6.04 Å². The molecule has 0 aliphatic heterocycles. The Morgan fingerprint density at radius 2 is 1.95 bits per heavy atom. The van der Waals surface area contributed by atoms with Crippen LogP contribution in [0, 0.1) is 23.5 Å². The normalized spacial score (nSPS) is 25.3. The Morgan fingerprint density at radius 3 is 2.63 bits per heavy atom. The first-order valence-electron chi connectivity index (χ1n) is 7.31. The summed E-state index contributed by atoms with van der Waals surface area (Å²) in [6.45, 7) is 2.22. The molecule has 3 unspecified atom stereocenters. The Balaban J connectivity index is 2.02. The van der Waals surface area contributed by atoms with Gasteiger partial charge in [0.1, 0.15) is 0 Å². The van der Waals surface area contributed by atoms with Crippen molar-refractivity contribution in [3.8, 4) is 0 Å². The fraction of sp³-hybridized carbons (Fsp3) is 0.625. The molecule has 3 heteroatoms. The van der Waals surface area contributed by atoms with Crippen LogP contribution in [-0.2, 0) is 6.42 Å². The van der Waals surface area contributed by atoms with Gasteiger partial charge in [0.25, 0.3) is 0 Å². The van der Waals surface area contributed by atoms with Gasteiger partial charge in [0.05, 0.1) is 0 Å². The largest absolute Gasteiger partial charge is 0.327 e. The van der Waals surface area contributed by atoms with Crippen molar-refractivity contribution >= 4 is 0 Å². The van der Waals surface area contributed by atoms with E-state index in [1.807, 2.05) is 0 Å². The van der Waals surface area contributed by atoms with Crippen LogP contribution in [0.3, 0.4) is 0 Å². The molecule has 0 heterocycles. The van der Waals surface area contributed by atoms with E-state index in [1.165, 1.54) is 37.8 Å². The average Bonchev–Trinajstić information content (AvgIpc) is 2.43.